The lowest BCUT2D eigenvalue weighted by Crippen LogP contribution is -2.46. The molecule has 15 heavy (non-hydrogen) atoms. The van der Waals surface area contributed by atoms with E-state index < -0.39 is 0 Å². The van der Waals surface area contributed by atoms with Gasteiger partial charge in [0.1, 0.15) is 0 Å². The molecule has 0 fully saturated rings. The van der Waals surface area contributed by atoms with Crippen LogP contribution < -0.4 is 11.5 Å². The van der Waals surface area contributed by atoms with Crippen molar-refractivity contribution in [1.29, 1.82) is 5.41 Å². The molecule has 0 heterocycles. The van der Waals surface area contributed by atoms with E-state index in [9.17, 15) is 0 Å². The van der Waals surface area contributed by atoms with Gasteiger partial charge in [-0.25, -0.2) is 0 Å². The van der Waals surface area contributed by atoms with Gasteiger partial charge in [-0.1, -0.05) is 26.7 Å². The molecule has 0 bridgehead atoms. The topological polar surface area (TPSA) is 91.5 Å². The summed E-state index contributed by atoms with van der Waals surface area (Å²) in [6.45, 7) is 5.57. The summed E-state index contributed by atoms with van der Waals surface area (Å²) in [5.74, 6) is 0.339. The van der Waals surface area contributed by atoms with Gasteiger partial charge in [0.2, 0.25) is 0 Å². The monoisotopic (exact) mass is 213 g/mol. The Bertz CT molecular complexity index is 212. The second-order valence-corrected chi connectivity index (χ2v) is 3.48. The highest BCUT2D eigenvalue weighted by molar-refractivity contribution is 5.95. The van der Waals surface area contributed by atoms with Crippen LogP contribution in [0.3, 0.4) is 0 Å². The fraction of sp³-hybridized carbons (Fsp3) is 0.800. The van der Waals surface area contributed by atoms with Gasteiger partial charge in [-0.3, -0.25) is 15.3 Å². The molecule has 5 nitrogen and oxygen atoms in total. The Labute approximate surface area is 92.0 Å². The van der Waals surface area contributed by atoms with Crippen LogP contribution in [0.2, 0.25) is 0 Å². The maximum Gasteiger partial charge on any atom is 0.198 e. The molecule has 0 unspecified atom stereocenters. The average Bonchev–Trinajstić information content (AvgIpc) is 2.18. The number of rotatable bonds is 6. The van der Waals surface area contributed by atoms with Crippen LogP contribution in [0.15, 0.2) is 4.99 Å². The van der Waals surface area contributed by atoms with E-state index in [2.05, 4.69) is 18.8 Å². The Balaban J connectivity index is 4.20. The number of nitrogens with zero attached hydrogens (tertiary/aromatic N) is 2. The van der Waals surface area contributed by atoms with E-state index in [0.29, 0.717) is 19.0 Å². The fourth-order valence-electron chi connectivity index (χ4n) is 1.11. The Hall–Kier alpha value is -1.26. The highest BCUT2D eigenvalue weighted by Crippen LogP contribution is 1.95. The van der Waals surface area contributed by atoms with Crippen molar-refractivity contribution in [1.82, 2.24) is 4.90 Å². The number of hydrogen-bond donors (Lipinski definition) is 3. The zero-order chi connectivity index (χ0) is 11.7. The molecule has 0 aromatic carbocycles. The normalized spacial score (nSPS) is 11.5. The van der Waals surface area contributed by atoms with Crippen molar-refractivity contribution in [3.8, 4) is 0 Å². The first kappa shape index (κ1) is 13.7. The third-order valence-electron chi connectivity index (χ3n) is 2.09. The van der Waals surface area contributed by atoms with E-state index in [1.807, 2.05) is 0 Å². The maximum atomic E-state index is 7.38. The molecule has 5 N–H and O–H groups in total. The van der Waals surface area contributed by atoms with E-state index in [-0.39, 0.29) is 5.96 Å². The van der Waals surface area contributed by atoms with E-state index in [1.54, 1.807) is 4.90 Å². The minimum Gasteiger partial charge on any atom is -0.370 e. The minimum atomic E-state index is -0.0267. The summed E-state index contributed by atoms with van der Waals surface area (Å²) in [4.78, 5) is 5.74. The summed E-state index contributed by atoms with van der Waals surface area (Å²) < 4.78 is 0. The molecule has 5 heteroatoms. The molecule has 0 saturated heterocycles. The number of hydrogen-bond acceptors (Lipinski definition) is 2. The van der Waals surface area contributed by atoms with Crippen molar-refractivity contribution < 1.29 is 0 Å². The molecule has 0 aromatic heterocycles. The van der Waals surface area contributed by atoms with Gasteiger partial charge in [-0.15, -0.1) is 0 Å². The first-order valence-electron chi connectivity index (χ1n) is 5.54. The van der Waals surface area contributed by atoms with Gasteiger partial charge >= 0.3 is 0 Å². The van der Waals surface area contributed by atoms with Gasteiger partial charge in [0.15, 0.2) is 11.9 Å². The van der Waals surface area contributed by atoms with E-state index in [4.69, 9.17) is 16.9 Å². The Kier molecular flexibility index (Phi) is 7.40. The minimum absolute atomic E-state index is 0.0267. The lowest BCUT2D eigenvalue weighted by atomic mass is 10.3. The third-order valence-corrected chi connectivity index (χ3v) is 2.09. The van der Waals surface area contributed by atoms with Gasteiger partial charge < -0.3 is 11.5 Å². The average molecular weight is 213 g/mol. The van der Waals surface area contributed by atoms with Gasteiger partial charge in [-0.05, 0) is 12.8 Å². The summed E-state index contributed by atoms with van der Waals surface area (Å²) in [6.07, 6.45) is 4.11. The SMILES string of the molecule is CCCCN=C(N)N(CCCC)C(=N)N. The van der Waals surface area contributed by atoms with E-state index >= 15 is 0 Å². The molecular weight excluding hydrogens is 190 g/mol. The summed E-state index contributed by atoms with van der Waals surface area (Å²) in [5.41, 5.74) is 11.2. The Morgan fingerprint density at radius 1 is 1.20 bits per heavy atom. The molecule has 0 atom stereocenters. The van der Waals surface area contributed by atoms with Gasteiger partial charge in [0.25, 0.3) is 0 Å². The van der Waals surface area contributed by atoms with Crippen molar-refractivity contribution in [3.63, 3.8) is 0 Å². The summed E-state index contributed by atoms with van der Waals surface area (Å²) >= 11 is 0. The largest absolute Gasteiger partial charge is 0.370 e. The fourth-order valence-corrected chi connectivity index (χ4v) is 1.11. The summed E-state index contributed by atoms with van der Waals surface area (Å²) in [5, 5.41) is 7.38. The summed E-state index contributed by atoms with van der Waals surface area (Å²) in [6, 6.07) is 0. The number of unbranched alkanes of at least 4 members (excludes halogenated alkanes) is 2. The molecular formula is C10H23N5. The van der Waals surface area contributed by atoms with Crippen LogP contribution in [0.25, 0.3) is 0 Å². The van der Waals surface area contributed by atoms with Crippen LogP contribution in [0.1, 0.15) is 39.5 Å². The zero-order valence-corrected chi connectivity index (χ0v) is 9.79. The van der Waals surface area contributed by atoms with Crippen molar-refractivity contribution in [3.05, 3.63) is 0 Å². The third kappa shape index (κ3) is 5.93. The van der Waals surface area contributed by atoms with Gasteiger partial charge in [-0.2, -0.15) is 0 Å². The summed E-state index contributed by atoms with van der Waals surface area (Å²) in [7, 11) is 0. The van der Waals surface area contributed by atoms with Crippen LogP contribution in [-0.2, 0) is 0 Å². The first-order valence-corrected chi connectivity index (χ1v) is 5.54. The van der Waals surface area contributed by atoms with Crippen molar-refractivity contribution >= 4 is 11.9 Å². The molecule has 0 rings (SSSR count). The zero-order valence-electron chi connectivity index (χ0n) is 9.79. The molecule has 0 radical (unpaired) electrons. The first-order chi connectivity index (χ1) is 7.13. The molecule has 0 aliphatic rings. The molecule has 0 spiro atoms. The molecule has 0 amide bonds. The van der Waals surface area contributed by atoms with Gasteiger partial charge in [0, 0.05) is 13.1 Å². The standard InChI is InChI=1S/C10H23N5/c1-3-5-7-14-10(13)15(9(11)12)8-6-4-2/h3-8H2,1-2H3,(H3,11,12)(H2,13,14). The highest BCUT2D eigenvalue weighted by Gasteiger charge is 2.09. The molecule has 0 aromatic rings. The molecule has 88 valence electrons. The molecule has 0 aliphatic heterocycles. The number of aliphatic imine (C=N–C) groups is 1. The number of nitrogens with one attached hydrogen (secondary N) is 1. The Morgan fingerprint density at radius 3 is 2.27 bits per heavy atom. The van der Waals surface area contributed by atoms with Crippen molar-refractivity contribution in [2.24, 2.45) is 16.5 Å². The maximum absolute atomic E-state index is 7.38. The second kappa shape index (κ2) is 8.08. The van der Waals surface area contributed by atoms with Crippen molar-refractivity contribution in [2.75, 3.05) is 13.1 Å². The Morgan fingerprint density at radius 2 is 1.80 bits per heavy atom. The quantitative estimate of drug-likeness (QED) is 0.350. The van der Waals surface area contributed by atoms with Crippen LogP contribution in [0.4, 0.5) is 0 Å². The molecule has 0 saturated carbocycles. The van der Waals surface area contributed by atoms with Crippen LogP contribution in [0.5, 0.6) is 0 Å². The van der Waals surface area contributed by atoms with Crippen LogP contribution in [0, 0.1) is 5.41 Å². The smallest absolute Gasteiger partial charge is 0.198 e. The highest BCUT2D eigenvalue weighted by atomic mass is 15.3. The van der Waals surface area contributed by atoms with E-state index in [0.717, 1.165) is 25.7 Å². The molecule has 0 aliphatic carbocycles. The van der Waals surface area contributed by atoms with Crippen molar-refractivity contribution in [2.45, 2.75) is 39.5 Å². The van der Waals surface area contributed by atoms with E-state index in [1.165, 1.54) is 0 Å². The van der Waals surface area contributed by atoms with Crippen LogP contribution >= 0.6 is 0 Å². The predicted molar refractivity (Wildman–Crippen MR) is 64.9 cm³/mol. The number of guanidine groups is 2. The van der Waals surface area contributed by atoms with Crippen LogP contribution in [-0.4, -0.2) is 29.9 Å². The lowest BCUT2D eigenvalue weighted by molar-refractivity contribution is 0.551. The van der Waals surface area contributed by atoms with Gasteiger partial charge in [0.05, 0.1) is 0 Å². The lowest BCUT2D eigenvalue weighted by Gasteiger charge is -2.21. The number of nitrogens with two attached hydrogens (primary N) is 2. The predicted octanol–water partition coefficient (Wildman–Crippen LogP) is 1.10. The second-order valence-electron chi connectivity index (χ2n) is 3.48.